The van der Waals surface area contributed by atoms with Gasteiger partial charge in [-0.25, -0.2) is 4.98 Å². The molecule has 0 fully saturated rings. The number of para-hydroxylation sites is 1. The maximum absolute atomic E-state index is 13.3. The van der Waals surface area contributed by atoms with Crippen molar-refractivity contribution in [2.24, 2.45) is 0 Å². The van der Waals surface area contributed by atoms with E-state index in [4.69, 9.17) is 4.98 Å². The zero-order valence-corrected chi connectivity index (χ0v) is 16.7. The molecule has 3 rings (SSSR count). The van der Waals surface area contributed by atoms with Gasteiger partial charge in [0.2, 0.25) is 5.91 Å². The Labute approximate surface area is 146 Å². The highest BCUT2D eigenvalue weighted by Gasteiger charge is 2.52. The molecule has 2 heterocycles. The van der Waals surface area contributed by atoms with E-state index < -0.39 is 8.07 Å². The van der Waals surface area contributed by atoms with Crippen LogP contribution in [0.5, 0.6) is 0 Å². The normalized spacial score (nSPS) is 18.3. The SMILES string of the molecule is CCCN1C(=O)C([Si](C)(C)C(C)(C)C)c2cc3ccccc3nc21. The lowest BCUT2D eigenvalue weighted by Gasteiger charge is -2.41. The lowest BCUT2D eigenvalue weighted by atomic mass is 10.1. The number of rotatable bonds is 3. The highest BCUT2D eigenvalue weighted by molar-refractivity contribution is 6.84. The van der Waals surface area contributed by atoms with E-state index in [9.17, 15) is 4.79 Å². The van der Waals surface area contributed by atoms with Gasteiger partial charge in [-0.3, -0.25) is 9.69 Å². The van der Waals surface area contributed by atoms with Gasteiger partial charge >= 0.3 is 0 Å². The fraction of sp³-hybridized carbons (Fsp3) is 0.500. The van der Waals surface area contributed by atoms with Crippen molar-refractivity contribution in [2.45, 2.75) is 57.8 Å². The first-order chi connectivity index (χ1) is 11.2. The highest BCUT2D eigenvalue weighted by Crippen LogP contribution is 2.50. The number of amides is 1. The minimum Gasteiger partial charge on any atom is -0.296 e. The van der Waals surface area contributed by atoms with Crippen LogP contribution in [0.25, 0.3) is 10.9 Å². The Morgan fingerprint density at radius 2 is 1.88 bits per heavy atom. The summed E-state index contributed by atoms with van der Waals surface area (Å²) < 4.78 is 0. The average molecular weight is 341 g/mol. The van der Waals surface area contributed by atoms with Gasteiger partial charge in [-0.2, -0.15) is 0 Å². The average Bonchev–Trinajstić information content (AvgIpc) is 2.76. The van der Waals surface area contributed by atoms with Gasteiger partial charge in [0.25, 0.3) is 0 Å². The van der Waals surface area contributed by atoms with E-state index in [-0.39, 0.29) is 16.5 Å². The molecule has 1 amide bonds. The summed E-state index contributed by atoms with van der Waals surface area (Å²) in [5.41, 5.74) is 2.12. The molecule has 1 unspecified atom stereocenters. The molecule has 2 aromatic rings. The molecule has 1 aliphatic heterocycles. The van der Waals surface area contributed by atoms with Gasteiger partial charge in [0.1, 0.15) is 5.82 Å². The van der Waals surface area contributed by atoms with Crippen LogP contribution in [0.15, 0.2) is 30.3 Å². The molecule has 128 valence electrons. The summed E-state index contributed by atoms with van der Waals surface area (Å²) in [5, 5.41) is 1.28. The molecule has 1 aliphatic rings. The van der Waals surface area contributed by atoms with Crippen molar-refractivity contribution in [3.05, 3.63) is 35.9 Å². The van der Waals surface area contributed by atoms with Crippen molar-refractivity contribution >= 4 is 30.7 Å². The fourth-order valence-corrected chi connectivity index (χ4v) is 6.14. The molecule has 1 aromatic carbocycles. The molecule has 0 aliphatic carbocycles. The monoisotopic (exact) mass is 340 g/mol. The molecule has 0 saturated heterocycles. The smallest absolute Gasteiger partial charge is 0.233 e. The molecule has 4 heteroatoms. The van der Waals surface area contributed by atoms with Crippen molar-refractivity contribution < 1.29 is 4.79 Å². The second-order valence-electron chi connectivity index (χ2n) is 8.49. The van der Waals surface area contributed by atoms with Gasteiger partial charge in [0, 0.05) is 17.5 Å². The van der Waals surface area contributed by atoms with E-state index in [0.29, 0.717) is 0 Å². The van der Waals surface area contributed by atoms with Crippen molar-refractivity contribution in [1.82, 2.24) is 4.98 Å². The van der Waals surface area contributed by atoms with Crippen molar-refractivity contribution in [3.8, 4) is 0 Å². The molecule has 0 N–H and O–H groups in total. The van der Waals surface area contributed by atoms with Gasteiger partial charge in [-0.05, 0) is 23.6 Å². The number of aromatic nitrogens is 1. The summed E-state index contributed by atoms with van der Waals surface area (Å²) >= 11 is 0. The zero-order chi connectivity index (χ0) is 17.7. The predicted octanol–water partition coefficient (Wildman–Crippen LogP) is 5.12. The molecule has 1 atom stereocenters. The van der Waals surface area contributed by atoms with E-state index in [1.54, 1.807) is 0 Å². The van der Waals surface area contributed by atoms with Gasteiger partial charge in [-0.15, -0.1) is 0 Å². The van der Waals surface area contributed by atoms with E-state index >= 15 is 0 Å². The van der Waals surface area contributed by atoms with Gasteiger partial charge in [0.05, 0.1) is 19.1 Å². The van der Waals surface area contributed by atoms with Crippen LogP contribution in [0.2, 0.25) is 18.1 Å². The highest BCUT2D eigenvalue weighted by atomic mass is 28.3. The van der Waals surface area contributed by atoms with Crippen molar-refractivity contribution in [2.75, 3.05) is 11.4 Å². The Kier molecular flexibility index (Phi) is 4.07. The summed E-state index contributed by atoms with van der Waals surface area (Å²) in [4.78, 5) is 20.2. The molecule has 1 aromatic heterocycles. The Morgan fingerprint density at radius 3 is 2.50 bits per heavy atom. The predicted molar refractivity (Wildman–Crippen MR) is 104 cm³/mol. The molecular weight excluding hydrogens is 312 g/mol. The Balaban J connectivity index is 2.24. The van der Waals surface area contributed by atoms with Gasteiger partial charge in [0.15, 0.2) is 0 Å². The molecule has 0 saturated carbocycles. The largest absolute Gasteiger partial charge is 0.296 e. The van der Waals surface area contributed by atoms with Gasteiger partial charge in [-0.1, -0.05) is 59.0 Å². The van der Waals surface area contributed by atoms with Crippen LogP contribution >= 0.6 is 0 Å². The second kappa shape index (κ2) is 5.69. The van der Waals surface area contributed by atoms with E-state index in [2.05, 4.69) is 52.9 Å². The third-order valence-electron chi connectivity index (χ3n) is 5.91. The van der Waals surface area contributed by atoms with Crippen LogP contribution in [0.3, 0.4) is 0 Å². The van der Waals surface area contributed by atoms with Gasteiger partial charge < -0.3 is 0 Å². The summed E-state index contributed by atoms with van der Waals surface area (Å²) in [6.07, 6.45) is 0.948. The number of pyridine rings is 1. The number of fused-ring (bicyclic) bond motifs is 2. The molecular formula is C20H28N2OSi. The number of carbonyl (C=O) groups is 1. The third kappa shape index (κ3) is 2.48. The number of hydrogen-bond acceptors (Lipinski definition) is 2. The lowest BCUT2D eigenvalue weighted by Crippen LogP contribution is -2.48. The first-order valence-electron chi connectivity index (χ1n) is 8.89. The number of carbonyl (C=O) groups excluding carboxylic acids is 1. The zero-order valence-electron chi connectivity index (χ0n) is 15.7. The quantitative estimate of drug-likeness (QED) is 0.726. The number of nitrogens with zero attached hydrogens (tertiary/aromatic N) is 2. The number of anilines is 1. The van der Waals surface area contributed by atoms with E-state index in [0.717, 1.165) is 35.2 Å². The molecule has 0 spiro atoms. The maximum Gasteiger partial charge on any atom is 0.233 e. The Morgan fingerprint density at radius 1 is 1.21 bits per heavy atom. The Bertz CT molecular complexity index is 792. The van der Waals surface area contributed by atoms with Crippen LogP contribution in [-0.2, 0) is 4.79 Å². The molecule has 24 heavy (non-hydrogen) atoms. The summed E-state index contributed by atoms with van der Waals surface area (Å²) in [5.74, 6) is 1.16. The fourth-order valence-electron chi connectivity index (χ4n) is 3.51. The second-order valence-corrected chi connectivity index (χ2v) is 14.0. The van der Waals surface area contributed by atoms with Crippen LogP contribution < -0.4 is 4.90 Å². The van der Waals surface area contributed by atoms with Crippen LogP contribution in [-0.4, -0.2) is 25.5 Å². The van der Waals surface area contributed by atoms with Crippen LogP contribution in [0.4, 0.5) is 5.82 Å². The third-order valence-corrected chi connectivity index (χ3v) is 11.8. The molecule has 0 bridgehead atoms. The van der Waals surface area contributed by atoms with Crippen molar-refractivity contribution in [3.63, 3.8) is 0 Å². The summed E-state index contributed by atoms with van der Waals surface area (Å²) in [7, 11) is -1.88. The molecule has 3 nitrogen and oxygen atoms in total. The van der Waals surface area contributed by atoms with Crippen LogP contribution in [0.1, 0.15) is 45.2 Å². The van der Waals surface area contributed by atoms with E-state index in [1.165, 1.54) is 0 Å². The number of hydrogen-bond donors (Lipinski definition) is 0. The van der Waals surface area contributed by atoms with Crippen molar-refractivity contribution in [1.29, 1.82) is 0 Å². The minimum absolute atomic E-state index is 0.00356. The minimum atomic E-state index is -1.88. The first-order valence-corrected chi connectivity index (χ1v) is 12.0. The topological polar surface area (TPSA) is 33.2 Å². The lowest BCUT2D eigenvalue weighted by molar-refractivity contribution is -0.118. The maximum atomic E-state index is 13.3. The summed E-state index contributed by atoms with van der Waals surface area (Å²) in [6.45, 7) is 14.4. The van der Waals surface area contributed by atoms with E-state index in [1.807, 2.05) is 23.1 Å². The number of benzene rings is 1. The summed E-state index contributed by atoms with van der Waals surface area (Å²) in [6, 6.07) is 10.4. The van der Waals surface area contributed by atoms with Crippen LogP contribution in [0, 0.1) is 0 Å². The standard InChI is InChI=1S/C20H28N2OSi/c1-7-12-22-18-15(13-14-10-8-9-11-16(14)21-18)17(19(22)23)24(5,6)20(2,3)4/h8-11,13,17H,7,12H2,1-6H3. The molecule has 0 radical (unpaired) electrons. The Hall–Kier alpha value is -1.68. The first kappa shape index (κ1) is 17.2.